The number of hydrogen-bond donors (Lipinski definition) is 0. The summed E-state index contributed by atoms with van der Waals surface area (Å²) in [5, 5.41) is 1.43. The van der Waals surface area contributed by atoms with Gasteiger partial charge in [-0.3, -0.25) is 0 Å². The van der Waals surface area contributed by atoms with Gasteiger partial charge in [-0.05, 0) is 32.4 Å². The minimum atomic E-state index is 1.39. The fraction of sp³-hybridized carbons (Fsp3) is 0.400. The molecular formula is C10H13NS. The van der Waals surface area contributed by atoms with Crippen molar-refractivity contribution in [3.8, 4) is 0 Å². The van der Waals surface area contributed by atoms with Gasteiger partial charge in [-0.15, -0.1) is 11.3 Å². The highest BCUT2D eigenvalue weighted by Crippen LogP contribution is 2.31. The average Bonchev–Trinajstić information content (AvgIpc) is 2.49. The molecule has 0 amide bonds. The van der Waals surface area contributed by atoms with Crippen LogP contribution in [0, 0.1) is 20.8 Å². The number of nitrogens with zero attached hydrogens (tertiary/aromatic N) is 1. The van der Waals surface area contributed by atoms with Crippen LogP contribution in [0.1, 0.15) is 16.1 Å². The van der Waals surface area contributed by atoms with Crippen LogP contribution < -0.4 is 0 Å². The smallest absolute Gasteiger partial charge is 0.103 e. The zero-order valence-electron chi connectivity index (χ0n) is 7.93. The molecule has 2 aromatic heterocycles. The quantitative estimate of drug-likeness (QED) is 0.585. The van der Waals surface area contributed by atoms with Crippen molar-refractivity contribution < 1.29 is 0 Å². The molecule has 0 aromatic carbocycles. The van der Waals surface area contributed by atoms with Crippen molar-refractivity contribution in [3.63, 3.8) is 0 Å². The number of aromatic nitrogens is 1. The van der Waals surface area contributed by atoms with Crippen LogP contribution in [0.3, 0.4) is 0 Å². The van der Waals surface area contributed by atoms with Crippen molar-refractivity contribution in [2.45, 2.75) is 20.8 Å². The molecule has 0 bridgehead atoms. The Labute approximate surface area is 76.6 Å². The maximum Gasteiger partial charge on any atom is 0.103 e. The van der Waals surface area contributed by atoms with Gasteiger partial charge in [-0.2, -0.15) is 0 Å². The highest BCUT2D eigenvalue weighted by atomic mass is 32.1. The van der Waals surface area contributed by atoms with E-state index in [1.165, 1.54) is 26.4 Å². The van der Waals surface area contributed by atoms with Gasteiger partial charge in [0.1, 0.15) is 4.83 Å². The Morgan fingerprint density at radius 3 is 2.50 bits per heavy atom. The third kappa shape index (κ3) is 0.845. The molecule has 12 heavy (non-hydrogen) atoms. The zero-order chi connectivity index (χ0) is 8.88. The minimum absolute atomic E-state index is 1.39. The first-order valence-electron chi connectivity index (χ1n) is 4.13. The van der Waals surface area contributed by atoms with E-state index < -0.39 is 0 Å². The molecule has 0 atom stereocenters. The maximum atomic E-state index is 2.28. The lowest BCUT2D eigenvalue weighted by molar-refractivity contribution is 0.917. The number of aryl methyl sites for hydroxylation is 3. The fourth-order valence-corrected chi connectivity index (χ4v) is 2.70. The summed E-state index contributed by atoms with van der Waals surface area (Å²) in [7, 11) is 2.14. The molecule has 2 heteroatoms. The molecule has 0 aliphatic heterocycles. The summed E-state index contributed by atoms with van der Waals surface area (Å²) in [5.74, 6) is 0. The summed E-state index contributed by atoms with van der Waals surface area (Å²) >= 11 is 1.88. The van der Waals surface area contributed by atoms with Gasteiger partial charge >= 0.3 is 0 Å². The van der Waals surface area contributed by atoms with Gasteiger partial charge < -0.3 is 4.57 Å². The van der Waals surface area contributed by atoms with E-state index >= 15 is 0 Å². The Morgan fingerprint density at radius 1 is 1.25 bits per heavy atom. The molecule has 2 heterocycles. The SMILES string of the molecule is Cc1cc2c(C)c(C)n(C)c2s1. The Bertz CT molecular complexity index is 397. The molecule has 0 saturated carbocycles. The molecule has 0 radical (unpaired) electrons. The molecule has 2 aromatic rings. The van der Waals surface area contributed by atoms with Crippen molar-refractivity contribution in [3.05, 3.63) is 22.2 Å². The highest BCUT2D eigenvalue weighted by molar-refractivity contribution is 7.18. The van der Waals surface area contributed by atoms with E-state index in [1.54, 1.807) is 0 Å². The predicted molar refractivity (Wildman–Crippen MR) is 55.0 cm³/mol. The summed E-state index contributed by atoms with van der Waals surface area (Å²) in [6.07, 6.45) is 0. The van der Waals surface area contributed by atoms with Gasteiger partial charge in [0.25, 0.3) is 0 Å². The summed E-state index contributed by atoms with van der Waals surface area (Å²) in [6, 6.07) is 2.28. The largest absolute Gasteiger partial charge is 0.340 e. The molecule has 0 saturated heterocycles. The van der Waals surface area contributed by atoms with Crippen LogP contribution in [0.25, 0.3) is 10.2 Å². The number of rotatable bonds is 0. The lowest BCUT2D eigenvalue weighted by Crippen LogP contribution is -1.88. The summed E-state index contributed by atoms with van der Waals surface area (Å²) in [5.41, 5.74) is 2.81. The van der Waals surface area contributed by atoms with Crippen LogP contribution in [-0.4, -0.2) is 4.57 Å². The topological polar surface area (TPSA) is 4.93 Å². The van der Waals surface area contributed by atoms with Gasteiger partial charge in [-0.25, -0.2) is 0 Å². The van der Waals surface area contributed by atoms with Crippen LogP contribution in [0.5, 0.6) is 0 Å². The van der Waals surface area contributed by atoms with Gasteiger partial charge in [-0.1, -0.05) is 0 Å². The molecule has 0 aliphatic carbocycles. The van der Waals surface area contributed by atoms with E-state index in [0.717, 1.165) is 0 Å². The van der Waals surface area contributed by atoms with Crippen molar-refractivity contribution in [2.24, 2.45) is 7.05 Å². The van der Waals surface area contributed by atoms with Crippen molar-refractivity contribution in [2.75, 3.05) is 0 Å². The Balaban J connectivity index is 2.95. The van der Waals surface area contributed by atoms with Crippen LogP contribution in [0.15, 0.2) is 6.07 Å². The first-order valence-corrected chi connectivity index (χ1v) is 4.95. The molecule has 0 unspecified atom stereocenters. The summed E-state index contributed by atoms with van der Waals surface area (Å²) in [4.78, 5) is 2.81. The van der Waals surface area contributed by atoms with Crippen LogP contribution in [-0.2, 0) is 7.05 Å². The minimum Gasteiger partial charge on any atom is -0.340 e. The number of hydrogen-bond acceptors (Lipinski definition) is 1. The third-order valence-corrected chi connectivity index (χ3v) is 3.72. The van der Waals surface area contributed by atoms with Crippen LogP contribution >= 0.6 is 11.3 Å². The van der Waals surface area contributed by atoms with E-state index in [1.807, 2.05) is 11.3 Å². The summed E-state index contributed by atoms with van der Waals surface area (Å²) in [6.45, 7) is 6.54. The maximum absolute atomic E-state index is 2.28. The molecule has 64 valence electrons. The molecule has 0 fully saturated rings. The lowest BCUT2D eigenvalue weighted by atomic mass is 10.2. The molecular weight excluding hydrogens is 166 g/mol. The van der Waals surface area contributed by atoms with Crippen molar-refractivity contribution >= 4 is 21.6 Å². The van der Waals surface area contributed by atoms with Crippen LogP contribution in [0.2, 0.25) is 0 Å². The first-order chi connectivity index (χ1) is 5.61. The highest BCUT2D eigenvalue weighted by Gasteiger charge is 2.09. The average molecular weight is 179 g/mol. The monoisotopic (exact) mass is 179 g/mol. The van der Waals surface area contributed by atoms with E-state index in [2.05, 4.69) is 38.5 Å². The molecule has 0 aliphatic rings. The van der Waals surface area contributed by atoms with Crippen molar-refractivity contribution in [1.82, 2.24) is 4.57 Å². The second-order valence-electron chi connectivity index (χ2n) is 3.35. The van der Waals surface area contributed by atoms with Gasteiger partial charge in [0.05, 0.1) is 0 Å². The third-order valence-electron chi connectivity index (χ3n) is 2.59. The van der Waals surface area contributed by atoms with Gasteiger partial charge in [0.2, 0.25) is 0 Å². The summed E-state index contributed by atoms with van der Waals surface area (Å²) < 4.78 is 2.28. The molecule has 0 spiro atoms. The normalized spacial score (nSPS) is 11.3. The standard InChI is InChI=1S/C10H13NS/c1-6-5-9-7(2)8(3)11(4)10(9)12-6/h5H,1-4H3. The predicted octanol–water partition coefficient (Wildman–Crippen LogP) is 3.17. The lowest BCUT2D eigenvalue weighted by Gasteiger charge is -1.96. The second kappa shape index (κ2) is 2.36. The van der Waals surface area contributed by atoms with Crippen molar-refractivity contribution in [1.29, 1.82) is 0 Å². The van der Waals surface area contributed by atoms with E-state index in [9.17, 15) is 0 Å². The molecule has 2 rings (SSSR count). The second-order valence-corrected chi connectivity index (χ2v) is 4.58. The van der Waals surface area contributed by atoms with Crippen LogP contribution in [0.4, 0.5) is 0 Å². The fourth-order valence-electron chi connectivity index (χ4n) is 1.62. The Kier molecular flexibility index (Phi) is 1.55. The molecule has 0 N–H and O–H groups in total. The first kappa shape index (κ1) is 7.87. The zero-order valence-corrected chi connectivity index (χ0v) is 8.75. The Hall–Kier alpha value is -0.760. The van der Waals surface area contributed by atoms with E-state index in [4.69, 9.17) is 0 Å². The van der Waals surface area contributed by atoms with Gasteiger partial charge in [0.15, 0.2) is 0 Å². The Morgan fingerprint density at radius 2 is 1.92 bits per heavy atom. The van der Waals surface area contributed by atoms with E-state index in [-0.39, 0.29) is 0 Å². The number of fused-ring (bicyclic) bond motifs is 1. The number of thiophene rings is 1. The molecule has 1 nitrogen and oxygen atoms in total. The van der Waals surface area contributed by atoms with E-state index in [0.29, 0.717) is 0 Å². The van der Waals surface area contributed by atoms with Gasteiger partial charge in [0, 0.05) is 23.0 Å².